The lowest BCUT2D eigenvalue weighted by molar-refractivity contribution is -0.151. The lowest BCUT2D eigenvalue weighted by Crippen LogP contribution is -2.44. The third-order valence-electron chi connectivity index (χ3n) is 3.88. The number of nitrogens with one attached hydrogen (secondary N) is 2. The maximum Gasteiger partial charge on any atom is 0.308 e. The molecule has 2 rings (SSSR count). The molecule has 118 valence electrons. The first kappa shape index (κ1) is 16.2. The van der Waals surface area contributed by atoms with E-state index >= 15 is 0 Å². The molecule has 6 nitrogen and oxygen atoms in total. The normalized spacial score (nSPS) is 25.7. The zero-order valence-corrected chi connectivity index (χ0v) is 13.0. The van der Waals surface area contributed by atoms with E-state index in [0.29, 0.717) is 45.4 Å². The van der Waals surface area contributed by atoms with Crippen LogP contribution in [0.25, 0.3) is 0 Å². The van der Waals surface area contributed by atoms with Gasteiger partial charge in [0.1, 0.15) is 0 Å². The van der Waals surface area contributed by atoms with E-state index in [1.165, 1.54) is 0 Å². The van der Waals surface area contributed by atoms with E-state index in [0.717, 1.165) is 17.0 Å². The minimum Gasteiger partial charge on any atom is -0.466 e. The molecule has 0 bridgehead atoms. The number of esters is 1. The van der Waals surface area contributed by atoms with Gasteiger partial charge >= 0.3 is 10.8 Å². The van der Waals surface area contributed by atoms with Crippen molar-refractivity contribution in [2.75, 3.05) is 13.2 Å². The molecule has 0 aliphatic heterocycles. The first-order valence-corrected chi connectivity index (χ1v) is 8.17. The van der Waals surface area contributed by atoms with Gasteiger partial charge in [-0.3, -0.25) is 9.59 Å². The van der Waals surface area contributed by atoms with Gasteiger partial charge in [0.2, 0.25) is 0 Å². The van der Waals surface area contributed by atoms with Crippen LogP contribution in [0, 0.1) is 5.92 Å². The molecule has 1 heterocycles. The highest BCUT2D eigenvalue weighted by Gasteiger charge is 2.35. The molecule has 1 aromatic heterocycles. The van der Waals surface area contributed by atoms with Gasteiger partial charge in [-0.05, 0) is 32.6 Å². The Hall–Kier alpha value is -1.18. The van der Waals surface area contributed by atoms with E-state index < -0.39 is 5.60 Å². The fourth-order valence-electron chi connectivity index (χ4n) is 2.66. The number of aliphatic hydroxyl groups is 1. The molecule has 1 fully saturated rings. The van der Waals surface area contributed by atoms with Crippen molar-refractivity contribution in [3.63, 3.8) is 0 Å². The molecule has 3 N–H and O–H groups in total. The molecule has 1 aromatic rings. The molecule has 0 atom stereocenters. The Kier molecular flexibility index (Phi) is 5.55. The smallest absolute Gasteiger partial charge is 0.308 e. The van der Waals surface area contributed by atoms with E-state index in [1.54, 1.807) is 12.3 Å². The van der Waals surface area contributed by atoms with Crippen LogP contribution < -0.4 is 10.2 Å². The summed E-state index contributed by atoms with van der Waals surface area (Å²) in [5.41, 5.74) is 0.0491. The van der Waals surface area contributed by atoms with Gasteiger partial charge in [-0.1, -0.05) is 11.3 Å². The van der Waals surface area contributed by atoms with E-state index in [9.17, 15) is 14.7 Å². The van der Waals surface area contributed by atoms with Crippen molar-refractivity contribution in [1.82, 2.24) is 10.3 Å². The molecule has 0 amide bonds. The van der Waals surface area contributed by atoms with Crippen molar-refractivity contribution in [1.29, 1.82) is 0 Å². The van der Waals surface area contributed by atoms with Crippen LogP contribution in [0.15, 0.2) is 10.2 Å². The largest absolute Gasteiger partial charge is 0.466 e. The standard InChI is InChI=1S/C14H22N2O4S/c1-2-20-12(17)10-3-5-14(19,6-4-10)9-15-7-11-8-21-13(18)16-11/h8,10,15,19H,2-7,9H2,1H3,(H,16,18). The molecule has 0 aromatic carbocycles. The number of aromatic amines is 1. The topological polar surface area (TPSA) is 91.4 Å². The molecule has 1 aliphatic carbocycles. The van der Waals surface area contributed by atoms with Crippen molar-refractivity contribution in [3.8, 4) is 0 Å². The predicted octanol–water partition coefficient (Wildman–Crippen LogP) is 1.01. The maximum atomic E-state index is 11.7. The minimum absolute atomic E-state index is 0.0690. The second-order valence-electron chi connectivity index (χ2n) is 5.53. The van der Waals surface area contributed by atoms with Crippen LogP contribution in [-0.2, 0) is 16.1 Å². The van der Waals surface area contributed by atoms with E-state index in [1.807, 2.05) is 0 Å². The highest BCUT2D eigenvalue weighted by Crippen LogP contribution is 2.32. The molecule has 0 radical (unpaired) electrons. The quantitative estimate of drug-likeness (QED) is 0.682. The summed E-state index contributed by atoms with van der Waals surface area (Å²) in [7, 11) is 0. The average molecular weight is 314 g/mol. The number of thiazole rings is 1. The van der Waals surface area contributed by atoms with Gasteiger partial charge in [-0.15, -0.1) is 0 Å². The average Bonchev–Trinajstić information content (AvgIpc) is 2.85. The van der Waals surface area contributed by atoms with Gasteiger partial charge in [0.15, 0.2) is 0 Å². The number of H-pyrrole nitrogens is 1. The molecular formula is C14H22N2O4S. The molecule has 0 spiro atoms. The zero-order chi connectivity index (χ0) is 15.3. The fraction of sp³-hybridized carbons (Fsp3) is 0.714. The summed E-state index contributed by atoms with van der Waals surface area (Å²) in [6, 6.07) is 0. The van der Waals surface area contributed by atoms with Crippen LogP contribution in [0.4, 0.5) is 0 Å². The number of carbonyl (C=O) groups is 1. The van der Waals surface area contributed by atoms with Gasteiger partial charge in [0.25, 0.3) is 0 Å². The van der Waals surface area contributed by atoms with Gasteiger partial charge in [0.05, 0.1) is 18.1 Å². The second-order valence-corrected chi connectivity index (χ2v) is 6.37. The van der Waals surface area contributed by atoms with Crippen LogP contribution in [-0.4, -0.2) is 34.8 Å². The first-order valence-electron chi connectivity index (χ1n) is 7.29. The number of rotatable bonds is 6. The van der Waals surface area contributed by atoms with Crippen LogP contribution in [0.3, 0.4) is 0 Å². The lowest BCUT2D eigenvalue weighted by Gasteiger charge is -2.35. The van der Waals surface area contributed by atoms with Crippen molar-refractivity contribution < 1.29 is 14.6 Å². The summed E-state index contributed by atoms with van der Waals surface area (Å²) >= 11 is 1.13. The first-order chi connectivity index (χ1) is 10.0. The Morgan fingerprint density at radius 1 is 1.57 bits per heavy atom. The summed E-state index contributed by atoms with van der Waals surface area (Å²) in [5.74, 6) is -0.234. The summed E-state index contributed by atoms with van der Waals surface area (Å²) in [5, 5.41) is 15.4. The Labute approximate surface area is 127 Å². The monoisotopic (exact) mass is 314 g/mol. The van der Waals surface area contributed by atoms with Crippen LogP contribution in [0.5, 0.6) is 0 Å². The molecule has 0 unspecified atom stereocenters. The number of aromatic nitrogens is 1. The van der Waals surface area contributed by atoms with Gasteiger partial charge in [-0.2, -0.15) is 0 Å². The van der Waals surface area contributed by atoms with Crippen LogP contribution in [0.2, 0.25) is 0 Å². The van der Waals surface area contributed by atoms with Crippen molar-refractivity contribution in [2.24, 2.45) is 5.92 Å². The highest BCUT2D eigenvalue weighted by atomic mass is 32.1. The zero-order valence-electron chi connectivity index (χ0n) is 12.2. The number of hydrogen-bond donors (Lipinski definition) is 3. The Morgan fingerprint density at radius 3 is 2.86 bits per heavy atom. The van der Waals surface area contributed by atoms with Gasteiger partial charge < -0.3 is 20.1 Å². The summed E-state index contributed by atoms with van der Waals surface area (Å²) in [6.07, 6.45) is 2.49. The van der Waals surface area contributed by atoms with E-state index in [2.05, 4.69) is 10.3 Å². The third kappa shape index (κ3) is 4.66. The number of hydrogen-bond acceptors (Lipinski definition) is 6. The SMILES string of the molecule is CCOC(=O)C1CCC(O)(CNCc2csc(=O)[nH]2)CC1. The molecule has 21 heavy (non-hydrogen) atoms. The van der Waals surface area contributed by atoms with Crippen LogP contribution >= 0.6 is 11.3 Å². The molecule has 7 heteroatoms. The predicted molar refractivity (Wildman–Crippen MR) is 80.2 cm³/mol. The van der Waals surface area contributed by atoms with Crippen molar-refractivity contribution in [3.05, 3.63) is 20.7 Å². The maximum absolute atomic E-state index is 11.7. The molecule has 1 saturated carbocycles. The Morgan fingerprint density at radius 2 is 2.29 bits per heavy atom. The van der Waals surface area contributed by atoms with Crippen LogP contribution in [0.1, 0.15) is 38.3 Å². The third-order valence-corrected chi connectivity index (χ3v) is 4.60. The fourth-order valence-corrected chi connectivity index (χ4v) is 3.24. The molecule has 0 saturated heterocycles. The molecular weight excluding hydrogens is 292 g/mol. The van der Waals surface area contributed by atoms with Gasteiger partial charge in [-0.25, -0.2) is 0 Å². The van der Waals surface area contributed by atoms with Crippen molar-refractivity contribution in [2.45, 2.75) is 44.8 Å². The Bertz CT molecular complexity index is 517. The molecule has 1 aliphatic rings. The van der Waals surface area contributed by atoms with E-state index in [4.69, 9.17) is 4.74 Å². The number of carbonyl (C=O) groups excluding carboxylic acids is 1. The Balaban J connectivity index is 1.74. The van der Waals surface area contributed by atoms with Crippen molar-refractivity contribution >= 4 is 17.3 Å². The highest BCUT2D eigenvalue weighted by molar-refractivity contribution is 7.07. The second kappa shape index (κ2) is 7.20. The van der Waals surface area contributed by atoms with E-state index in [-0.39, 0.29) is 16.8 Å². The number of ether oxygens (including phenoxy) is 1. The van der Waals surface area contributed by atoms with Gasteiger partial charge in [0, 0.05) is 24.2 Å². The summed E-state index contributed by atoms with van der Waals surface area (Å²) in [4.78, 5) is 25.3. The summed E-state index contributed by atoms with van der Waals surface area (Å²) in [6.45, 7) is 3.19. The summed E-state index contributed by atoms with van der Waals surface area (Å²) < 4.78 is 5.02. The lowest BCUT2D eigenvalue weighted by atomic mass is 9.79. The minimum atomic E-state index is -0.778.